The lowest BCUT2D eigenvalue weighted by molar-refractivity contribution is 0.0361. The van der Waals surface area contributed by atoms with Crippen molar-refractivity contribution in [2.45, 2.75) is 19.5 Å². The number of H-pyrrole nitrogens is 1. The largest absolute Gasteiger partial charge is 0.383 e. The van der Waals surface area contributed by atoms with Crippen molar-refractivity contribution in [1.29, 1.82) is 0 Å². The van der Waals surface area contributed by atoms with Crippen LogP contribution in [0.1, 0.15) is 17.3 Å². The average molecular weight is 482 g/mol. The van der Waals surface area contributed by atoms with Gasteiger partial charge in [-0.05, 0) is 25.1 Å². The predicted octanol–water partition coefficient (Wildman–Crippen LogP) is 2.21. The van der Waals surface area contributed by atoms with Crippen molar-refractivity contribution in [3.05, 3.63) is 42.0 Å². The molecule has 3 aromatic heterocycles. The third-order valence-electron chi connectivity index (χ3n) is 6.11. The Kier molecular flexibility index (Phi) is 6.71. The number of nitrogens with zero attached hydrogens (tertiary/aromatic N) is 5. The molecule has 0 radical (unpaired) electrons. The van der Waals surface area contributed by atoms with Crippen LogP contribution in [0.15, 0.2) is 30.6 Å². The first kappa shape index (κ1) is 23.3. The third kappa shape index (κ3) is 4.88. The Labute approximate surface area is 201 Å². The van der Waals surface area contributed by atoms with Gasteiger partial charge in [-0.2, -0.15) is 5.10 Å². The van der Waals surface area contributed by atoms with Crippen molar-refractivity contribution in [3.63, 3.8) is 0 Å². The number of nitrogens with one attached hydrogen (secondary N) is 2. The van der Waals surface area contributed by atoms with Gasteiger partial charge >= 0.3 is 0 Å². The van der Waals surface area contributed by atoms with E-state index in [-0.39, 0.29) is 17.8 Å². The summed E-state index contributed by atoms with van der Waals surface area (Å²) in [6.45, 7) is 6.80. The van der Waals surface area contributed by atoms with Crippen molar-refractivity contribution in [2.24, 2.45) is 0 Å². The fourth-order valence-corrected chi connectivity index (χ4v) is 4.34. The SMILES string of the molecule is COCC(C)NC(=O)c1c[nH]c2ncc(-c3nn(CCN4CCOCC4)c4cc(F)ccc34)nc12. The maximum absolute atomic E-state index is 14.1. The second kappa shape index (κ2) is 10.1. The zero-order valence-corrected chi connectivity index (χ0v) is 19.8. The first-order chi connectivity index (χ1) is 17.0. The van der Waals surface area contributed by atoms with Crippen LogP contribution in [-0.2, 0) is 16.0 Å². The van der Waals surface area contributed by atoms with Crippen LogP contribution in [0.4, 0.5) is 4.39 Å². The van der Waals surface area contributed by atoms with E-state index in [1.54, 1.807) is 25.6 Å². The molecule has 4 heterocycles. The lowest BCUT2D eigenvalue weighted by Crippen LogP contribution is -2.38. The highest BCUT2D eigenvalue weighted by Gasteiger charge is 2.20. The number of morpholine rings is 1. The Morgan fingerprint density at radius 2 is 2.14 bits per heavy atom. The number of amides is 1. The number of hydrogen-bond donors (Lipinski definition) is 2. The Morgan fingerprint density at radius 1 is 1.31 bits per heavy atom. The summed E-state index contributed by atoms with van der Waals surface area (Å²) >= 11 is 0. The van der Waals surface area contributed by atoms with Crippen LogP contribution in [0.5, 0.6) is 0 Å². The summed E-state index contributed by atoms with van der Waals surface area (Å²) in [5.74, 6) is -0.594. The number of carbonyl (C=O) groups is 1. The van der Waals surface area contributed by atoms with E-state index in [1.165, 1.54) is 12.1 Å². The number of carbonyl (C=O) groups excluding carboxylic acids is 1. The Morgan fingerprint density at radius 3 is 2.94 bits per heavy atom. The maximum Gasteiger partial charge on any atom is 0.255 e. The minimum Gasteiger partial charge on any atom is -0.383 e. The van der Waals surface area contributed by atoms with Crippen molar-refractivity contribution in [2.75, 3.05) is 46.6 Å². The molecule has 0 saturated carbocycles. The monoisotopic (exact) mass is 481 g/mol. The number of halogens is 1. The number of benzene rings is 1. The summed E-state index contributed by atoms with van der Waals surface area (Å²) in [6, 6.07) is 4.46. The highest BCUT2D eigenvalue weighted by Crippen LogP contribution is 2.28. The molecule has 2 N–H and O–H groups in total. The van der Waals surface area contributed by atoms with Gasteiger partial charge < -0.3 is 19.8 Å². The van der Waals surface area contributed by atoms with Crippen LogP contribution in [0, 0.1) is 5.82 Å². The summed E-state index contributed by atoms with van der Waals surface area (Å²) in [5.41, 5.74) is 3.13. The average Bonchev–Trinajstić information content (AvgIpc) is 3.44. The summed E-state index contributed by atoms with van der Waals surface area (Å²) in [6.07, 6.45) is 3.21. The van der Waals surface area contributed by atoms with Gasteiger partial charge in [0.2, 0.25) is 0 Å². The molecule has 0 bridgehead atoms. The number of rotatable bonds is 8. The third-order valence-corrected chi connectivity index (χ3v) is 6.11. The molecule has 1 amide bonds. The minimum absolute atomic E-state index is 0.158. The zero-order chi connectivity index (χ0) is 24.4. The van der Waals surface area contributed by atoms with Crippen LogP contribution in [-0.4, -0.2) is 88.1 Å². The molecule has 1 aliphatic heterocycles. The van der Waals surface area contributed by atoms with Crippen LogP contribution in [0.3, 0.4) is 0 Å². The Bertz CT molecular complexity index is 1350. The molecule has 184 valence electrons. The molecule has 1 aromatic carbocycles. The van der Waals surface area contributed by atoms with E-state index >= 15 is 0 Å². The predicted molar refractivity (Wildman–Crippen MR) is 129 cm³/mol. The van der Waals surface area contributed by atoms with Crippen LogP contribution in [0.25, 0.3) is 33.5 Å². The van der Waals surface area contributed by atoms with E-state index in [2.05, 4.69) is 20.2 Å². The van der Waals surface area contributed by atoms with Crippen LogP contribution in [0.2, 0.25) is 0 Å². The van der Waals surface area contributed by atoms with Gasteiger partial charge in [0.1, 0.15) is 22.7 Å². The quantitative estimate of drug-likeness (QED) is 0.397. The number of hydrogen-bond acceptors (Lipinski definition) is 7. The van der Waals surface area contributed by atoms with Crippen LogP contribution < -0.4 is 5.32 Å². The van der Waals surface area contributed by atoms with Gasteiger partial charge in [-0.15, -0.1) is 0 Å². The van der Waals surface area contributed by atoms with Gasteiger partial charge in [0, 0.05) is 44.4 Å². The highest BCUT2D eigenvalue weighted by molar-refractivity contribution is 6.05. The minimum atomic E-state index is -0.326. The molecule has 10 nitrogen and oxygen atoms in total. The van der Waals surface area contributed by atoms with Gasteiger partial charge in [-0.3, -0.25) is 14.4 Å². The van der Waals surface area contributed by atoms with Gasteiger partial charge in [0.15, 0.2) is 5.65 Å². The number of ether oxygens (including phenoxy) is 2. The van der Waals surface area contributed by atoms with Gasteiger partial charge in [-0.1, -0.05) is 0 Å². The summed E-state index contributed by atoms with van der Waals surface area (Å²) in [5, 5.41) is 8.46. The van der Waals surface area contributed by atoms with Gasteiger partial charge in [0.05, 0.1) is 43.6 Å². The molecular formula is C24H28FN7O3. The second-order valence-corrected chi connectivity index (χ2v) is 8.67. The molecule has 5 rings (SSSR count). The molecule has 1 aliphatic rings. The molecule has 1 saturated heterocycles. The van der Waals surface area contributed by atoms with Gasteiger partial charge in [0.25, 0.3) is 5.91 Å². The van der Waals surface area contributed by atoms with E-state index in [9.17, 15) is 9.18 Å². The molecule has 1 fully saturated rings. The summed E-state index contributed by atoms with van der Waals surface area (Å²) < 4.78 is 26.5. The lowest BCUT2D eigenvalue weighted by atomic mass is 10.1. The molecule has 0 aliphatic carbocycles. The van der Waals surface area contributed by atoms with Crippen molar-refractivity contribution in [3.8, 4) is 11.4 Å². The van der Waals surface area contributed by atoms with E-state index < -0.39 is 0 Å². The van der Waals surface area contributed by atoms with E-state index in [1.807, 2.05) is 11.6 Å². The number of fused-ring (bicyclic) bond motifs is 2. The van der Waals surface area contributed by atoms with E-state index in [0.29, 0.717) is 60.0 Å². The molecule has 35 heavy (non-hydrogen) atoms. The summed E-state index contributed by atoms with van der Waals surface area (Å²) in [4.78, 5) is 27.3. The zero-order valence-electron chi connectivity index (χ0n) is 19.8. The molecule has 1 unspecified atom stereocenters. The van der Waals surface area contributed by atoms with Crippen molar-refractivity contribution in [1.82, 2.24) is 34.9 Å². The Balaban J connectivity index is 1.49. The molecule has 4 aromatic rings. The number of aromatic amines is 1. The van der Waals surface area contributed by atoms with Gasteiger partial charge in [-0.25, -0.2) is 14.4 Å². The van der Waals surface area contributed by atoms with E-state index in [4.69, 9.17) is 19.6 Å². The molecule has 11 heteroatoms. The van der Waals surface area contributed by atoms with Crippen molar-refractivity contribution < 1.29 is 18.7 Å². The van der Waals surface area contributed by atoms with Crippen molar-refractivity contribution >= 4 is 28.0 Å². The Hall–Kier alpha value is -3.41. The molecule has 1 atom stereocenters. The molecular weight excluding hydrogens is 453 g/mol. The standard InChI is InChI=1S/C24H28FN7O3/c1-15(14-34-2)28-24(33)18-12-26-23-22(18)29-19(13-27-23)21-17-4-3-16(25)11-20(17)32(30-21)6-5-31-7-9-35-10-8-31/h3-4,11-13,15H,5-10,14H2,1-2H3,(H,26,27)(H,28,33). The topological polar surface area (TPSA) is 110 Å². The first-order valence-electron chi connectivity index (χ1n) is 11.6. The molecule has 0 spiro atoms. The lowest BCUT2D eigenvalue weighted by Gasteiger charge is -2.26. The number of aromatic nitrogens is 5. The smallest absolute Gasteiger partial charge is 0.255 e. The first-order valence-corrected chi connectivity index (χ1v) is 11.6. The summed E-state index contributed by atoms with van der Waals surface area (Å²) in [7, 11) is 1.59. The van der Waals surface area contributed by atoms with Crippen LogP contribution >= 0.6 is 0 Å². The number of methoxy groups -OCH3 is 1. The highest BCUT2D eigenvalue weighted by atomic mass is 19.1. The second-order valence-electron chi connectivity index (χ2n) is 8.67. The fraction of sp³-hybridized carbons (Fsp3) is 0.417. The van der Waals surface area contributed by atoms with E-state index in [0.717, 1.165) is 25.0 Å². The normalized spacial score (nSPS) is 15.6. The maximum atomic E-state index is 14.1. The fourth-order valence-electron chi connectivity index (χ4n) is 4.34.